The van der Waals surface area contributed by atoms with E-state index in [1.165, 1.54) is 0 Å². The summed E-state index contributed by atoms with van der Waals surface area (Å²) in [6.07, 6.45) is 1.65. The van der Waals surface area contributed by atoms with Crippen molar-refractivity contribution in [2.24, 2.45) is 5.92 Å². The van der Waals surface area contributed by atoms with Gasteiger partial charge in [0.15, 0.2) is 0 Å². The molecule has 0 aliphatic carbocycles. The monoisotopic (exact) mass is 422 g/mol. The standard InChI is InChI=1S/C24H30N4O3/c1-26(2)23(30)19-13-15-28(16-14-19)24(31)25-20-11-9-18(10-12-20)17-22(29)27(3)21-7-5-4-6-8-21/h4-12,19H,13-17H2,1-3H3,(H,25,31). The van der Waals surface area contributed by atoms with Crippen molar-refractivity contribution >= 4 is 29.2 Å². The van der Waals surface area contributed by atoms with E-state index >= 15 is 0 Å². The Hall–Kier alpha value is -3.35. The van der Waals surface area contributed by atoms with Gasteiger partial charge in [0.2, 0.25) is 11.8 Å². The van der Waals surface area contributed by atoms with E-state index in [4.69, 9.17) is 0 Å². The zero-order valence-electron chi connectivity index (χ0n) is 18.4. The Morgan fingerprint density at radius 3 is 2.13 bits per heavy atom. The van der Waals surface area contributed by atoms with Gasteiger partial charge in [-0.2, -0.15) is 0 Å². The second-order valence-electron chi connectivity index (χ2n) is 8.09. The summed E-state index contributed by atoms with van der Waals surface area (Å²) < 4.78 is 0. The summed E-state index contributed by atoms with van der Waals surface area (Å²) in [5, 5.41) is 2.90. The number of rotatable bonds is 5. The molecule has 0 radical (unpaired) electrons. The van der Waals surface area contributed by atoms with Crippen LogP contribution >= 0.6 is 0 Å². The van der Waals surface area contributed by atoms with Crippen LogP contribution in [-0.2, 0) is 16.0 Å². The molecular weight excluding hydrogens is 392 g/mol. The van der Waals surface area contributed by atoms with Crippen molar-refractivity contribution in [1.82, 2.24) is 9.80 Å². The number of hydrogen-bond acceptors (Lipinski definition) is 3. The Bertz CT molecular complexity index is 904. The van der Waals surface area contributed by atoms with Crippen LogP contribution in [0.4, 0.5) is 16.2 Å². The van der Waals surface area contributed by atoms with Crippen LogP contribution in [0.15, 0.2) is 54.6 Å². The number of likely N-dealkylation sites (tertiary alicyclic amines) is 1. The first kappa shape index (κ1) is 22.3. The number of benzene rings is 2. The molecule has 1 fully saturated rings. The number of carbonyl (C=O) groups excluding carboxylic acids is 3. The minimum atomic E-state index is -0.164. The minimum Gasteiger partial charge on any atom is -0.349 e. The number of piperidine rings is 1. The van der Waals surface area contributed by atoms with E-state index < -0.39 is 0 Å². The van der Waals surface area contributed by atoms with Gasteiger partial charge in [0.05, 0.1) is 6.42 Å². The molecule has 1 N–H and O–H groups in total. The SMILES string of the molecule is CN(C)C(=O)C1CCN(C(=O)Nc2ccc(CC(=O)N(C)c3ccccc3)cc2)CC1. The molecule has 7 nitrogen and oxygen atoms in total. The molecule has 2 aromatic rings. The highest BCUT2D eigenvalue weighted by Crippen LogP contribution is 2.20. The lowest BCUT2D eigenvalue weighted by Gasteiger charge is -2.32. The summed E-state index contributed by atoms with van der Waals surface area (Å²) in [7, 11) is 5.29. The van der Waals surface area contributed by atoms with E-state index in [1.54, 1.807) is 35.8 Å². The van der Waals surface area contributed by atoms with Crippen LogP contribution in [0.2, 0.25) is 0 Å². The van der Waals surface area contributed by atoms with Crippen molar-refractivity contribution in [3.05, 3.63) is 60.2 Å². The summed E-state index contributed by atoms with van der Waals surface area (Å²) in [6.45, 7) is 1.13. The first-order chi connectivity index (χ1) is 14.8. The van der Waals surface area contributed by atoms with Crippen molar-refractivity contribution in [2.75, 3.05) is 44.4 Å². The maximum atomic E-state index is 12.5. The lowest BCUT2D eigenvalue weighted by molar-refractivity contribution is -0.134. The fourth-order valence-electron chi connectivity index (χ4n) is 3.69. The van der Waals surface area contributed by atoms with Crippen LogP contribution in [0.5, 0.6) is 0 Å². The van der Waals surface area contributed by atoms with Gasteiger partial charge in [-0.25, -0.2) is 4.79 Å². The zero-order valence-corrected chi connectivity index (χ0v) is 18.4. The molecule has 0 atom stereocenters. The molecule has 0 aromatic heterocycles. The molecule has 1 saturated heterocycles. The maximum absolute atomic E-state index is 12.5. The third-order valence-electron chi connectivity index (χ3n) is 5.65. The quantitative estimate of drug-likeness (QED) is 0.804. The first-order valence-corrected chi connectivity index (χ1v) is 10.5. The van der Waals surface area contributed by atoms with Gasteiger partial charge in [0.1, 0.15) is 0 Å². The average molecular weight is 423 g/mol. The van der Waals surface area contributed by atoms with Crippen molar-refractivity contribution in [1.29, 1.82) is 0 Å². The first-order valence-electron chi connectivity index (χ1n) is 10.5. The van der Waals surface area contributed by atoms with E-state index in [0.717, 1.165) is 11.3 Å². The Balaban J connectivity index is 1.50. The minimum absolute atomic E-state index is 0.00173. The maximum Gasteiger partial charge on any atom is 0.321 e. The zero-order chi connectivity index (χ0) is 22.4. The highest BCUT2D eigenvalue weighted by Gasteiger charge is 2.28. The second kappa shape index (κ2) is 10.1. The van der Waals surface area contributed by atoms with Crippen LogP contribution in [0.25, 0.3) is 0 Å². The molecule has 31 heavy (non-hydrogen) atoms. The van der Waals surface area contributed by atoms with Crippen molar-refractivity contribution < 1.29 is 14.4 Å². The van der Waals surface area contributed by atoms with Crippen LogP contribution in [0.3, 0.4) is 0 Å². The summed E-state index contributed by atoms with van der Waals surface area (Å²) in [5.41, 5.74) is 2.42. The molecule has 1 heterocycles. The molecule has 1 aliphatic heterocycles. The highest BCUT2D eigenvalue weighted by atomic mass is 16.2. The third kappa shape index (κ3) is 5.84. The van der Waals surface area contributed by atoms with Gasteiger partial charge in [0.25, 0.3) is 0 Å². The van der Waals surface area contributed by atoms with Gasteiger partial charge in [-0.3, -0.25) is 9.59 Å². The smallest absolute Gasteiger partial charge is 0.321 e. The summed E-state index contributed by atoms with van der Waals surface area (Å²) >= 11 is 0. The molecule has 2 aromatic carbocycles. The number of hydrogen-bond donors (Lipinski definition) is 1. The molecular formula is C24H30N4O3. The summed E-state index contributed by atoms with van der Waals surface area (Å²) in [4.78, 5) is 42.1. The Morgan fingerprint density at radius 2 is 1.55 bits per heavy atom. The molecule has 164 valence electrons. The Morgan fingerprint density at radius 1 is 0.935 bits per heavy atom. The summed E-state index contributed by atoms with van der Waals surface area (Å²) in [5.74, 6) is 0.117. The second-order valence-corrected chi connectivity index (χ2v) is 8.09. The Kier molecular flexibility index (Phi) is 7.28. The number of amides is 4. The van der Waals surface area contributed by atoms with Crippen LogP contribution < -0.4 is 10.2 Å². The molecule has 7 heteroatoms. The van der Waals surface area contributed by atoms with Gasteiger partial charge in [-0.05, 0) is 42.7 Å². The topological polar surface area (TPSA) is 73.0 Å². The number of carbonyl (C=O) groups is 3. The van der Waals surface area contributed by atoms with Crippen LogP contribution in [0, 0.1) is 5.92 Å². The molecule has 0 spiro atoms. The van der Waals surface area contributed by atoms with Gasteiger partial charge in [-0.15, -0.1) is 0 Å². The number of likely N-dealkylation sites (N-methyl/N-ethyl adjacent to an activating group) is 1. The van der Waals surface area contributed by atoms with Gasteiger partial charge < -0.3 is 20.0 Å². The molecule has 0 saturated carbocycles. The van der Waals surface area contributed by atoms with E-state index in [0.29, 0.717) is 31.6 Å². The van der Waals surface area contributed by atoms with Gasteiger partial charge in [-0.1, -0.05) is 30.3 Å². The van der Waals surface area contributed by atoms with Crippen molar-refractivity contribution in [3.63, 3.8) is 0 Å². The largest absolute Gasteiger partial charge is 0.349 e. The normalized spacial score (nSPS) is 14.1. The van der Waals surface area contributed by atoms with E-state index in [2.05, 4.69) is 5.32 Å². The summed E-state index contributed by atoms with van der Waals surface area (Å²) in [6, 6.07) is 16.7. The van der Waals surface area contributed by atoms with Crippen LogP contribution in [0.1, 0.15) is 18.4 Å². The highest BCUT2D eigenvalue weighted by molar-refractivity contribution is 5.94. The van der Waals surface area contributed by atoms with Gasteiger partial charge >= 0.3 is 6.03 Å². The number of nitrogens with one attached hydrogen (secondary N) is 1. The molecule has 3 rings (SSSR count). The third-order valence-corrected chi connectivity index (χ3v) is 5.65. The van der Waals surface area contributed by atoms with Crippen LogP contribution in [-0.4, -0.2) is 61.9 Å². The molecule has 1 aliphatic rings. The van der Waals surface area contributed by atoms with E-state index in [1.807, 2.05) is 54.6 Å². The average Bonchev–Trinajstić information content (AvgIpc) is 2.79. The number of urea groups is 1. The number of anilines is 2. The Labute approximate surface area is 183 Å². The fraction of sp³-hybridized carbons (Fsp3) is 0.375. The predicted octanol–water partition coefficient (Wildman–Crippen LogP) is 3.22. The number of para-hydroxylation sites is 1. The molecule has 0 unspecified atom stereocenters. The molecule has 0 bridgehead atoms. The van der Waals surface area contributed by atoms with Crippen molar-refractivity contribution in [2.45, 2.75) is 19.3 Å². The molecule has 4 amide bonds. The predicted molar refractivity (Wildman–Crippen MR) is 122 cm³/mol. The fourth-order valence-corrected chi connectivity index (χ4v) is 3.69. The number of nitrogens with zero attached hydrogens (tertiary/aromatic N) is 3. The van der Waals surface area contributed by atoms with Crippen molar-refractivity contribution in [3.8, 4) is 0 Å². The van der Waals surface area contributed by atoms with Gasteiger partial charge in [0, 0.05) is 51.5 Å². The van der Waals surface area contributed by atoms with E-state index in [9.17, 15) is 14.4 Å². The lowest BCUT2D eigenvalue weighted by atomic mass is 9.96. The van der Waals surface area contributed by atoms with E-state index in [-0.39, 0.29) is 30.2 Å². The lowest BCUT2D eigenvalue weighted by Crippen LogP contribution is -2.44.